The van der Waals surface area contributed by atoms with Gasteiger partial charge < -0.3 is 4.90 Å². The molecule has 1 heteroatoms. The van der Waals surface area contributed by atoms with E-state index in [1.54, 1.807) is 0 Å². The van der Waals surface area contributed by atoms with Gasteiger partial charge in [0.15, 0.2) is 0 Å². The third-order valence-electron chi connectivity index (χ3n) is 3.20. The smallest absolute Gasteiger partial charge is 0.0122 e. The van der Waals surface area contributed by atoms with E-state index in [2.05, 4.69) is 18.9 Å². The van der Waals surface area contributed by atoms with Gasteiger partial charge in [-0.05, 0) is 32.2 Å². The third-order valence-corrected chi connectivity index (χ3v) is 3.20. The van der Waals surface area contributed by atoms with Crippen LogP contribution in [0.25, 0.3) is 0 Å². The molecule has 0 aromatic carbocycles. The number of fused-ring (bicyclic) bond motifs is 2. The first-order valence-corrected chi connectivity index (χ1v) is 4.01. The second-order valence-corrected chi connectivity index (χ2v) is 3.68. The predicted molar refractivity (Wildman–Crippen MR) is 38.4 cm³/mol. The molecular weight excluding hydrogens is 110 g/mol. The van der Waals surface area contributed by atoms with E-state index >= 15 is 0 Å². The average Bonchev–Trinajstić information content (AvgIpc) is 2.25. The molecule has 1 nitrogen and oxygen atoms in total. The molecule has 2 saturated heterocycles. The van der Waals surface area contributed by atoms with Gasteiger partial charge >= 0.3 is 0 Å². The molecule has 52 valence electrons. The van der Waals surface area contributed by atoms with Gasteiger partial charge in [-0.3, -0.25) is 0 Å². The van der Waals surface area contributed by atoms with Crippen LogP contribution in [0.5, 0.6) is 0 Å². The molecule has 3 atom stereocenters. The summed E-state index contributed by atoms with van der Waals surface area (Å²) in [5, 5.41) is 0. The first-order chi connectivity index (χ1) is 4.29. The van der Waals surface area contributed by atoms with Gasteiger partial charge in [0.2, 0.25) is 0 Å². The normalized spacial score (nSPS) is 50.7. The van der Waals surface area contributed by atoms with E-state index < -0.39 is 0 Å². The van der Waals surface area contributed by atoms with E-state index in [1.807, 2.05) is 0 Å². The highest BCUT2D eigenvalue weighted by molar-refractivity contribution is 4.96. The van der Waals surface area contributed by atoms with Crippen LogP contribution in [-0.2, 0) is 0 Å². The van der Waals surface area contributed by atoms with E-state index in [4.69, 9.17) is 0 Å². The summed E-state index contributed by atoms with van der Waals surface area (Å²) in [6.07, 6.45) is 4.38. The molecular formula is C8H15N. The van der Waals surface area contributed by atoms with Crippen LogP contribution >= 0.6 is 0 Å². The summed E-state index contributed by atoms with van der Waals surface area (Å²) in [6.45, 7) is 2.39. The van der Waals surface area contributed by atoms with Gasteiger partial charge in [0.25, 0.3) is 0 Å². The monoisotopic (exact) mass is 125 g/mol. The Morgan fingerprint density at radius 2 is 2.11 bits per heavy atom. The molecule has 0 aromatic heterocycles. The van der Waals surface area contributed by atoms with Gasteiger partial charge in [-0.2, -0.15) is 0 Å². The minimum atomic E-state index is 0.940. The zero-order chi connectivity index (χ0) is 6.43. The molecule has 0 unspecified atom stereocenters. The molecule has 2 bridgehead atoms. The number of nitrogens with zero attached hydrogens (tertiary/aromatic N) is 1. The maximum atomic E-state index is 2.57. The van der Waals surface area contributed by atoms with Crippen molar-refractivity contribution in [1.29, 1.82) is 0 Å². The molecule has 2 heterocycles. The van der Waals surface area contributed by atoms with E-state index in [0.29, 0.717) is 0 Å². The maximum Gasteiger partial charge on any atom is 0.0122 e. The molecule has 2 aliphatic rings. The van der Waals surface area contributed by atoms with Crippen LogP contribution in [-0.4, -0.2) is 24.0 Å². The summed E-state index contributed by atoms with van der Waals surface area (Å²) in [4.78, 5) is 2.57. The fourth-order valence-electron chi connectivity index (χ4n) is 2.60. The molecule has 2 aliphatic heterocycles. The Balaban J connectivity index is 2.16. The molecule has 0 N–H and O–H groups in total. The van der Waals surface area contributed by atoms with Crippen LogP contribution in [0.15, 0.2) is 0 Å². The van der Waals surface area contributed by atoms with Crippen LogP contribution in [0.2, 0.25) is 0 Å². The average molecular weight is 125 g/mol. The molecule has 9 heavy (non-hydrogen) atoms. The van der Waals surface area contributed by atoms with Gasteiger partial charge in [0, 0.05) is 12.1 Å². The molecule has 0 spiro atoms. The van der Waals surface area contributed by atoms with E-state index in [9.17, 15) is 0 Å². The van der Waals surface area contributed by atoms with Gasteiger partial charge in [-0.25, -0.2) is 0 Å². The van der Waals surface area contributed by atoms with Crippen LogP contribution in [0.4, 0.5) is 0 Å². The fraction of sp³-hybridized carbons (Fsp3) is 1.00. The van der Waals surface area contributed by atoms with Crippen molar-refractivity contribution in [3.63, 3.8) is 0 Å². The number of hydrogen-bond donors (Lipinski definition) is 0. The van der Waals surface area contributed by atoms with E-state index in [1.165, 1.54) is 19.3 Å². The molecule has 0 radical (unpaired) electrons. The minimum absolute atomic E-state index is 0.940. The molecule has 2 rings (SSSR count). The van der Waals surface area contributed by atoms with Gasteiger partial charge in [-0.1, -0.05) is 6.92 Å². The Morgan fingerprint density at radius 1 is 1.33 bits per heavy atom. The molecule has 0 saturated carbocycles. The summed E-state index contributed by atoms with van der Waals surface area (Å²) in [5.41, 5.74) is 0. The summed E-state index contributed by atoms with van der Waals surface area (Å²) in [6, 6.07) is 1.89. The minimum Gasteiger partial charge on any atom is -0.300 e. The van der Waals surface area contributed by atoms with Crippen LogP contribution < -0.4 is 0 Å². The lowest BCUT2D eigenvalue weighted by molar-refractivity contribution is 0.296. The van der Waals surface area contributed by atoms with Crippen molar-refractivity contribution in [2.45, 2.75) is 38.3 Å². The highest BCUT2D eigenvalue weighted by Crippen LogP contribution is 2.39. The molecule has 0 aliphatic carbocycles. The zero-order valence-corrected chi connectivity index (χ0v) is 6.30. The highest BCUT2D eigenvalue weighted by atomic mass is 15.2. The topological polar surface area (TPSA) is 3.24 Å². The van der Waals surface area contributed by atoms with Crippen molar-refractivity contribution >= 4 is 0 Å². The second kappa shape index (κ2) is 1.72. The zero-order valence-electron chi connectivity index (χ0n) is 6.30. The Labute approximate surface area is 57.0 Å². The lowest BCUT2D eigenvalue weighted by atomic mass is 9.91. The van der Waals surface area contributed by atoms with Crippen LogP contribution in [0.1, 0.15) is 26.2 Å². The highest BCUT2D eigenvalue weighted by Gasteiger charge is 2.41. The third kappa shape index (κ3) is 0.644. The van der Waals surface area contributed by atoms with E-state index in [0.717, 1.165) is 18.0 Å². The van der Waals surface area contributed by atoms with Crippen molar-refractivity contribution in [3.05, 3.63) is 0 Å². The van der Waals surface area contributed by atoms with Crippen LogP contribution in [0, 0.1) is 5.92 Å². The summed E-state index contributed by atoms with van der Waals surface area (Å²) < 4.78 is 0. The van der Waals surface area contributed by atoms with Gasteiger partial charge in [-0.15, -0.1) is 0 Å². The quantitative estimate of drug-likeness (QED) is 0.474. The van der Waals surface area contributed by atoms with Crippen molar-refractivity contribution in [1.82, 2.24) is 4.90 Å². The van der Waals surface area contributed by atoms with Gasteiger partial charge in [0.05, 0.1) is 0 Å². The van der Waals surface area contributed by atoms with E-state index in [-0.39, 0.29) is 0 Å². The van der Waals surface area contributed by atoms with Gasteiger partial charge in [0.1, 0.15) is 0 Å². The summed E-state index contributed by atoms with van der Waals surface area (Å²) in [7, 11) is 2.28. The van der Waals surface area contributed by atoms with Crippen molar-refractivity contribution in [2.75, 3.05) is 7.05 Å². The first kappa shape index (κ1) is 5.72. The van der Waals surface area contributed by atoms with Crippen LogP contribution in [0.3, 0.4) is 0 Å². The Bertz CT molecular complexity index is 122. The predicted octanol–water partition coefficient (Wildman–Crippen LogP) is 1.49. The maximum absolute atomic E-state index is 2.57. The van der Waals surface area contributed by atoms with Crippen molar-refractivity contribution in [2.24, 2.45) is 5.92 Å². The SMILES string of the molecule is C[C@@H]1C[C@H]2CC[C@@H]1N2C. The second-order valence-electron chi connectivity index (χ2n) is 3.68. The summed E-state index contributed by atoms with van der Waals surface area (Å²) >= 11 is 0. The Morgan fingerprint density at radius 3 is 2.33 bits per heavy atom. The largest absolute Gasteiger partial charge is 0.300 e. The number of hydrogen-bond acceptors (Lipinski definition) is 1. The molecule has 2 fully saturated rings. The lowest BCUT2D eigenvalue weighted by Crippen LogP contribution is -2.24. The Kier molecular flexibility index (Phi) is 1.10. The van der Waals surface area contributed by atoms with Crippen molar-refractivity contribution in [3.8, 4) is 0 Å². The summed E-state index contributed by atoms with van der Waals surface area (Å²) in [5.74, 6) is 0.980. The van der Waals surface area contributed by atoms with Crippen molar-refractivity contribution < 1.29 is 0 Å². The fourth-order valence-corrected chi connectivity index (χ4v) is 2.60. The number of rotatable bonds is 0. The lowest BCUT2D eigenvalue weighted by Gasteiger charge is -2.16. The molecule has 0 aromatic rings. The standard InChI is InChI=1S/C8H15N/c1-6-5-7-3-4-8(6)9(7)2/h6-8H,3-5H2,1-2H3/t6-,7-,8+/m1/s1. The first-order valence-electron chi connectivity index (χ1n) is 4.01. The Hall–Kier alpha value is -0.0400. The molecule has 0 amide bonds.